The number of amides is 2. The standard InChI is InChI=1S/C17H15F3N2O3/c18-17(19,20)13-5-2-1-4-11(13)9-22-10-12(8-15(22)23)21-16(24)14-6-3-7-25-14/h1-7,12H,8-10H2,(H,21,24)/t12-/m0/s1. The van der Waals surface area contributed by atoms with Gasteiger partial charge >= 0.3 is 6.18 Å². The molecule has 2 amide bonds. The smallest absolute Gasteiger partial charge is 0.416 e. The van der Waals surface area contributed by atoms with Crippen LogP contribution in [0.15, 0.2) is 47.1 Å². The molecule has 5 nitrogen and oxygen atoms in total. The molecule has 1 fully saturated rings. The lowest BCUT2D eigenvalue weighted by atomic mass is 10.1. The Kier molecular flexibility index (Phi) is 4.52. The van der Waals surface area contributed by atoms with Gasteiger partial charge in [-0.2, -0.15) is 13.2 Å². The molecule has 1 aromatic heterocycles. The van der Waals surface area contributed by atoms with Crippen molar-refractivity contribution in [2.45, 2.75) is 25.2 Å². The maximum atomic E-state index is 13.1. The molecule has 0 saturated carbocycles. The molecule has 0 radical (unpaired) electrons. The topological polar surface area (TPSA) is 62.6 Å². The number of halogens is 3. The van der Waals surface area contributed by atoms with E-state index in [-0.39, 0.29) is 36.7 Å². The van der Waals surface area contributed by atoms with Gasteiger partial charge in [-0.15, -0.1) is 0 Å². The van der Waals surface area contributed by atoms with Crippen LogP contribution in [0.2, 0.25) is 0 Å². The second-order valence-electron chi connectivity index (χ2n) is 5.78. The fourth-order valence-corrected chi connectivity index (χ4v) is 2.83. The highest BCUT2D eigenvalue weighted by atomic mass is 19.4. The van der Waals surface area contributed by atoms with Gasteiger partial charge in [0.1, 0.15) is 0 Å². The number of benzene rings is 1. The molecule has 1 saturated heterocycles. The highest BCUT2D eigenvalue weighted by Gasteiger charge is 2.36. The van der Waals surface area contributed by atoms with Crippen molar-refractivity contribution in [2.24, 2.45) is 0 Å². The third-order valence-electron chi connectivity index (χ3n) is 3.98. The van der Waals surface area contributed by atoms with Gasteiger partial charge in [0, 0.05) is 19.5 Å². The van der Waals surface area contributed by atoms with Crippen LogP contribution in [0.4, 0.5) is 13.2 Å². The van der Waals surface area contributed by atoms with E-state index >= 15 is 0 Å². The predicted molar refractivity (Wildman–Crippen MR) is 81.4 cm³/mol. The highest BCUT2D eigenvalue weighted by molar-refractivity contribution is 5.92. The number of rotatable bonds is 4. The number of furan rings is 1. The number of hydrogen-bond donors (Lipinski definition) is 1. The molecule has 1 aliphatic rings. The summed E-state index contributed by atoms with van der Waals surface area (Å²) in [5.74, 6) is -0.643. The van der Waals surface area contributed by atoms with Crippen molar-refractivity contribution in [3.05, 3.63) is 59.5 Å². The van der Waals surface area contributed by atoms with Gasteiger partial charge < -0.3 is 14.6 Å². The second-order valence-corrected chi connectivity index (χ2v) is 5.78. The minimum atomic E-state index is -4.48. The summed E-state index contributed by atoms with van der Waals surface area (Å²) in [5, 5.41) is 2.65. The molecule has 0 aliphatic carbocycles. The third kappa shape index (κ3) is 3.84. The lowest BCUT2D eigenvalue weighted by Crippen LogP contribution is -2.37. The van der Waals surface area contributed by atoms with Crippen LogP contribution >= 0.6 is 0 Å². The van der Waals surface area contributed by atoms with Gasteiger partial charge in [-0.05, 0) is 23.8 Å². The molecule has 0 bridgehead atoms. The molecular formula is C17H15F3N2O3. The number of nitrogens with one attached hydrogen (secondary N) is 1. The summed E-state index contributed by atoms with van der Waals surface area (Å²) in [6, 6.07) is 7.74. The van der Waals surface area contributed by atoms with Crippen molar-refractivity contribution in [3.63, 3.8) is 0 Å². The highest BCUT2D eigenvalue weighted by Crippen LogP contribution is 2.32. The Morgan fingerprint density at radius 1 is 1.24 bits per heavy atom. The van der Waals surface area contributed by atoms with Crippen LogP contribution in [0.1, 0.15) is 28.1 Å². The van der Waals surface area contributed by atoms with Gasteiger partial charge in [-0.3, -0.25) is 9.59 Å². The lowest BCUT2D eigenvalue weighted by molar-refractivity contribution is -0.139. The van der Waals surface area contributed by atoms with E-state index in [2.05, 4.69) is 5.32 Å². The molecule has 2 aromatic rings. The lowest BCUT2D eigenvalue weighted by Gasteiger charge is -2.20. The van der Waals surface area contributed by atoms with Crippen molar-refractivity contribution in [1.29, 1.82) is 0 Å². The van der Waals surface area contributed by atoms with Gasteiger partial charge in [0.2, 0.25) is 5.91 Å². The van der Waals surface area contributed by atoms with Crippen molar-refractivity contribution < 1.29 is 27.2 Å². The molecule has 3 rings (SSSR count). The van der Waals surface area contributed by atoms with Crippen LogP contribution < -0.4 is 5.32 Å². The largest absolute Gasteiger partial charge is 0.459 e. The minimum Gasteiger partial charge on any atom is -0.459 e. The Balaban J connectivity index is 1.67. The van der Waals surface area contributed by atoms with E-state index in [1.54, 1.807) is 6.07 Å². The zero-order valence-electron chi connectivity index (χ0n) is 13.0. The molecule has 25 heavy (non-hydrogen) atoms. The van der Waals surface area contributed by atoms with Crippen molar-refractivity contribution in [2.75, 3.05) is 6.54 Å². The summed E-state index contributed by atoms with van der Waals surface area (Å²) >= 11 is 0. The summed E-state index contributed by atoms with van der Waals surface area (Å²) in [5.41, 5.74) is -0.729. The Hall–Kier alpha value is -2.77. The van der Waals surface area contributed by atoms with Crippen molar-refractivity contribution in [1.82, 2.24) is 10.2 Å². The Morgan fingerprint density at radius 2 is 2.00 bits per heavy atom. The van der Waals surface area contributed by atoms with Crippen LogP contribution in [0.5, 0.6) is 0 Å². The van der Waals surface area contributed by atoms with Gasteiger partial charge in [0.05, 0.1) is 17.9 Å². The number of likely N-dealkylation sites (tertiary alicyclic amines) is 1. The average molecular weight is 352 g/mol. The Morgan fingerprint density at radius 3 is 2.68 bits per heavy atom. The number of nitrogens with zero attached hydrogens (tertiary/aromatic N) is 1. The van der Waals surface area contributed by atoms with Crippen molar-refractivity contribution in [3.8, 4) is 0 Å². The molecule has 1 aliphatic heterocycles. The van der Waals surface area contributed by atoms with E-state index in [1.807, 2.05) is 0 Å². The summed E-state index contributed by atoms with van der Waals surface area (Å²) in [6.07, 6.45) is -3.08. The zero-order valence-corrected chi connectivity index (χ0v) is 13.0. The SMILES string of the molecule is O=C(N[C@H]1CC(=O)N(Cc2ccccc2C(F)(F)F)C1)c1ccco1. The molecule has 132 valence electrons. The third-order valence-corrected chi connectivity index (χ3v) is 3.98. The first-order chi connectivity index (χ1) is 11.8. The molecule has 1 N–H and O–H groups in total. The Labute approximate surface area is 141 Å². The van der Waals surface area contributed by atoms with Gasteiger partial charge in [-0.1, -0.05) is 18.2 Å². The summed E-state index contributed by atoms with van der Waals surface area (Å²) in [7, 11) is 0. The number of carbonyl (C=O) groups excluding carboxylic acids is 2. The molecule has 1 aromatic carbocycles. The molecular weight excluding hydrogens is 337 g/mol. The monoisotopic (exact) mass is 352 g/mol. The van der Waals surface area contributed by atoms with E-state index in [4.69, 9.17) is 4.42 Å². The predicted octanol–water partition coefficient (Wildman–Crippen LogP) is 2.83. The van der Waals surface area contributed by atoms with Gasteiger partial charge in [-0.25, -0.2) is 0 Å². The summed E-state index contributed by atoms with van der Waals surface area (Å²) in [4.78, 5) is 25.3. The van der Waals surface area contributed by atoms with Crippen LogP contribution in [-0.4, -0.2) is 29.3 Å². The van der Waals surface area contributed by atoms with Crippen LogP contribution in [-0.2, 0) is 17.5 Å². The minimum absolute atomic E-state index is 0.0290. The number of alkyl halides is 3. The maximum Gasteiger partial charge on any atom is 0.416 e. The van der Waals surface area contributed by atoms with E-state index in [9.17, 15) is 22.8 Å². The Bertz CT molecular complexity index is 772. The second kappa shape index (κ2) is 6.62. The first-order valence-corrected chi connectivity index (χ1v) is 7.62. The number of hydrogen-bond acceptors (Lipinski definition) is 3. The van der Waals surface area contributed by atoms with Crippen LogP contribution in [0.3, 0.4) is 0 Å². The summed E-state index contributed by atoms with van der Waals surface area (Å²) in [6.45, 7) is -0.000880. The quantitative estimate of drug-likeness (QED) is 0.920. The molecule has 1 atom stereocenters. The van der Waals surface area contributed by atoms with E-state index in [0.29, 0.717) is 0 Å². The van der Waals surface area contributed by atoms with E-state index in [1.165, 1.54) is 35.4 Å². The number of carbonyl (C=O) groups is 2. The van der Waals surface area contributed by atoms with Crippen LogP contribution in [0, 0.1) is 0 Å². The van der Waals surface area contributed by atoms with Crippen LogP contribution in [0.25, 0.3) is 0 Å². The fraction of sp³-hybridized carbons (Fsp3) is 0.294. The first kappa shape index (κ1) is 17.1. The average Bonchev–Trinajstić information content (AvgIpc) is 3.18. The fourth-order valence-electron chi connectivity index (χ4n) is 2.83. The van der Waals surface area contributed by atoms with Gasteiger partial charge in [0.25, 0.3) is 5.91 Å². The molecule has 8 heteroatoms. The van der Waals surface area contributed by atoms with Crippen molar-refractivity contribution >= 4 is 11.8 Å². The van der Waals surface area contributed by atoms with E-state index < -0.39 is 23.7 Å². The van der Waals surface area contributed by atoms with Gasteiger partial charge in [0.15, 0.2) is 5.76 Å². The molecule has 0 unspecified atom stereocenters. The first-order valence-electron chi connectivity index (χ1n) is 7.62. The molecule has 2 heterocycles. The zero-order chi connectivity index (χ0) is 18.0. The normalized spacial score (nSPS) is 17.8. The molecule has 0 spiro atoms. The maximum absolute atomic E-state index is 13.1. The van der Waals surface area contributed by atoms with E-state index in [0.717, 1.165) is 6.07 Å². The summed E-state index contributed by atoms with van der Waals surface area (Å²) < 4.78 is 44.1.